The second kappa shape index (κ2) is 4.49. The van der Waals surface area contributed by atoms with Crippen molar-refractivity contribution in [3.05, 3.63) is 33.9 Å². The van der Waals surface area contributed by atoms with E-state index in [4.69, 9.17) is 0 Å². The molecule has 0 spiro atoms. The third-order valence-electron chi connectivity index (χ3n) is 2.84. The van der Waals surface area contributed by atoms with Crippen LogP contribution in [0, 0.1) is 10.1 Å². The van der Waals surface area contributed by atoms with Gasteiger partial charge in [0, 0.05) is 12.6 Å². The first-order chi connectivity index (χ1) is 7.66. The van der Waals surface area contributed by atoms with E-state index in [1.54, 1.807) is 6.07 Å². The van der Waals surface area contributed by atoms with E-state index in [0.717, 1.165) is 25.2 Å². The van der Waals surface area contributed by atoms with Gasteiger partial charge in [-0.1, -0.05) is 6.07 Å². The molecule has 0 radical (unpaired) electrons. The van der Waals surface area contributed by atoms with Crippen LogP contribution in [0.4, 0.5) is 5.69 Å². The van der Waals surface area contributed by atoms with Gasteiger partial charge >= 0.3 is 5.69 Å². The third-order valence-corrected chi connectivity index (χ3v) is 2.84. The Morgan fingerprint density at radius 3 is 2.69 bits per heavy atom. The number of aromatic hydroxyl groups is 1. The molecule has 1 N–H and O–H groups in total. The highest BCUT2D eigenvalue weighted by Gasteiger charge is 2.16. The van der Waals surface area contributed by atoms with Gasteiger partial charge in [-0.25, -0.2) is 0 Å². The van der Waals surface area contributed by atoms with Crippen LogP contribution in [0.15, 0.2) is 18.2 Å². The maximum absolute atomic E-state index is 10.6. The number of phenols is 1. The summed E-state index contributed by atoms with van der Waals surface area (Å²) < 4.78 is 0. The molecule has 1 fully saturated rings. The van der Waals surface area contributed by atoms with E-state index in [9.17, 15) is 15.2 Å². The minimum absolute atomic E-state index is 0.211. The Kier molecular flexibility index (Phi) is 3.05. The average Bonchev–Trinajstić information content (AvgIpc) is 2.73. The maximum Gasteiger partial charge on any atom is 0.311 e. The first-order valence-corrected chi connectivity index (χ1v) is 5.35. The lowest BCUT2D eigenvalue weighted by molar-refractivity contribution is -0.385. The Labute approximate surface area is 93.5 Å². The van der Waals surface area contributed by atoms with Gasteiger partial charge in [0.25, 0.3) is 0 Å². The van der Waals surface area contributed by atoms with Gasteiger partial charge in [-0.3, -0.25) is 15.0 Å². The molecule has 0 saturated carbocycles. The van der Waals surface area contributed by atoms with E-state index in [1.807, 2.05) is 0 Å². The molecule has 0 atom stereocenters. The summed E-state index contributed by atoms with van der Waals surface area (Å²) in [6.45, 7) is 2.82. The molecule has 1 aliphatic heterocycles. The smallest absolute Gasteiger partial charge is 0.311 e. The molecule has 1 aromatic rings. The van der Waals surface area contributed by atoms with Gasteiger partial charge in [0.05, 0.1) is 4.92 Å². The standard InChI is InChI=1S/C11H14N2O3/c14-11-4-3-9(7-10(11)13(15)16)8-12-5-1-2-6-12/h3-4,7,14H,1-2,5-6,8H2. The maximum atomic E-state index is 10.6. The number of benzene rings is 1. The largest absolute Gasteiger partial charge is 0.502 e. The summed E-state index contributed by atoms with van der Waals surface area (Å²) in [6, 6.07) is 4.58. The minimum Gasteiger partial charge on any atom is -0.502 e. The predicted molar refractivity (Wildman–Crippen MR) is 59.3 cm³/mol. The number of likely N-dealkylation sites (tertiary alicyclic amines) is 1. The number of hydrogen-bond donors (Lipinski definition) is 1. The second-order valence-corrected chi connectivity index (χ2v) is 4.06. The van der Waals surface area contributed by atoms with Crippen molar-refractivity contribution in [2.75, 3.05) is 13.1 Å². The predicted octanol–water partition coefficient (Wildman–Crippen LogP) is 1.90. The Morgan fingerprint density at radius 2 is 2.06 bits per heavy atom. The summed E-state index contributed by atoms with van der Waals surface area (Å²) in [7, 11) is 0. The molecule has 2 rings (SSSR count). The molecule has 0 bridgehead atoms. The molecule has 0 aromatic heterocycles. The molecule has 1 saturated heterocycles. The lowest BCUT2D eigenvalue weighted by Crippen LogP contribution is -2.18. The third kappa shape index (κ3) is 2.30. The molecule has 16 heavy (non-hydrogen) atoms. The zero-order valence-corrected chi connectivity index (χ0v) is 8.93. The fourth-order valence-corrected chi connectivity index (χ4v) is 2.01. The average molecular weight is 222 g/mol. The number of phenolic OH excluding ortho intramolecular Hbond substituents is 1. The Morgan fingerprint density at radius 1 is 1.38 bits per heavy atom. The molecule has 5 nitrogen and oxygen atoms in total. The quantitative estimate of drug-likeness (QED) is 0.626. The van der Waals surface area contributed by atoms with Crippen LogP contribution >= 0.6 is 0 Å². The first kappa shape index (κ1) is 10.9. The topological polar surface area (TPSA) is 66.6 Å². The van der Waals surface area contributed by atoms with E-state index in [1.165, 1.54) is 25.0 Å². The van der Waals surface area contributed by atoms with Crippen molar-refractivity contribution in [1.82, 2.24) is 4.90 Å². The zero-order valence-electron chi connectivity index (χ0n) is 8.93. The monoisotopic (exact) mass is 222 g/mol. The summed E-state index contributed by atoms with van der Waals surface area (Å²) in [6.07, 6.45) is 2.39. The van der Waals surface area contributed by atoms with Crippen LogP contribution in [-0.4, -0.2) is 28.0 Å². The van der Waals surface area contributed by atoms with Crippen LogP contribution in [0.25, 0.3) is 0 Å². The molecule has 0 amide bonds. The van der Waals surface area contributed by atoms with Crippen LogP contribution < -0.4 is 0 Å². The first-order valence-electron chi connectivity index (χ1n) is 5.35. The van der Waals surface area contributed by atoms with Crippen LogP contribution in [0.5, 0.6) is 5.75 Å². The molecular weight excluding hydrogens is 208 g/mol. The fraction of sp³-hybridized carbons (Fsp3) is 0.455. The van der Waals surface area contributed by atoms with Crippen molar-refractivity contribution in [3.8, 4) is 5.75 Å². The summed E-state index contributed by atoms with van der Waals surface area (Å²) in [5, 5.41) is 20.0. The summed E-state index contributed by atoms with van der Waals surface area (Å²) in [4.78, 5) is 12.4. The molecule has 86 valence electrons. The number of nitro groups is 1. The molecule has 1 aromatic carbocycles. The van der Waals surface area contributed by atoms with Gasteiger partial charge in [-0.2, -0.15) is 0 Å². The molecule has 5 heteroatoms. The lowest BCUT2D eigenvalue weighted by atomic mass is 10.2. The van der Waals surface area contributed by atoms with Crippen molar-refractivity contribution in [1.29, 1.82) is 0 Å². The van der Waals surface area contributed by atoms with Gasteiger partial charge < -0.3 is 5.11 Å². The van der Waals surface area contributed by atoms with Gasteiger partial charge in [0.2, 0.25) is 0 Å². The van der Waals surface area contributed by atoms with Crippen LogP contribution in [-0.2, 0) is 6.54 Å². The van der Waals surface area contributed by atoms with Gasteiger partial charge in [0.15, 0.2) is 5.75 Å². The second-order valence-electron chi connectivity index (χ2n) is 4.06. The zero-order chi connectivity index (χ0) is 11.5. The van der Waals surface area contributed by atoms with E-state index >= 15 is 0 Å². The van der Waals surface area contributed by atoms with E-state index in [2.05, 4.69) is 4.90 Å². The van der Waals surface area contributed by atoms with Gasteiger partial charge in [-0.05, 0) is 37.6 Å². The van der Waals surface area contributed by atoms with Crippen molar-refractivity contribution in [2.45, 2.75) is 19.4 Å². The number of nitrogens with zero attached hydrogens (tertiary/aromatic N) is 2. The number of hydrogen-bond acceptors (Lipinski definition) is 4. The summed E-state index contributed by atoms with van der Waals surface area (Å²) in [5.41, 5.74) is 0.670. The lowest BCUT2D eigenvalue weighted by Gasteiger charge is -2.14. The highest BCUT2D eigenvalue weighted by molar-refractivity contribution is 5.47. The normalized spacial score (nSPS) is 16.5. The van der Waals surface area contributed by atoms with E-state index < -0.39 is 4.92 Å². The SMILES string of the molecule is O=[N+]([O-])c1cc(CN2CCCC2)ccc1O. The Hall–Kier alpha value is -1.62. The van der Waals surface area contributed by atoms with Crippen LogP contribution in [0.3, 0.4) is 0 Å². The number of nitro benzene ring substituents is 1. The van der Waals surface area contributed by atoms with E-state index in [-0.39, 0.29) is 11.4 Å². The molecule has 1 heterocycles. The van der Waals surface area contributed by atoms with Crippen molar-refractivity contribution < 1.29 is 10.0 Å². The van der Waals surface area contributed by atoms with Crippen LogP contribution in [0.2, 0.25) is 0 Å². The van der Waals surface area contributed by atoms with Crippen molar-refractivity contribution in [3.63, 3.8) is 0 Å². The van der Waals surface area contributed by atoms with Crippen molar-refractivity contribution in [2.24, 2.45) is 0 Å². The minimum atomic E-state index is -0.553. The highest BCUT2D eigenvalue weighted by atomic mass is 16.6. The molecular formula is C11H14N2O3. The fourth-order valence-electron chi connectivity index (χ4n) is 2.01. The Bertz CT molecular complexity index is 400. The number of rotatable bonds is 3. The summed E-state index contributed by atoms with van der Waals surface area (Å²) in [5.74, 6) is -0.268. The van der Waals surface area contributed by atoms with E-state index in [0.29, 0.717) is 0 Å². The molecule has 0 unspecified atom stereocenters. The Balaban J connectivity index is 2.15. The van der Waals surface area contributed by atoms with Crippen molar-refractivity contribution >= 4 is 5.69 Å². The van der Waals surface area contributed by atoms with Gasteiger partial charge in [-0.15, -0.1) is 0 Å². The van der Waals surface area contributed by atoms with Crippen LogP contribution in [0.1, 0.15) is 18.4 Å². The molecule has 1 aliphatic rings. The molecule has 0 aliphatic carbocycles. The van der Waals surface area contributed by atoms with Gasteiger partial charge in [0.1, 0.15) is 0 Å². The highest BCUT2D eigenvalue weighted by Crippen LogP contribution is 2.27. The summed E-state index contributed by atoms with van der Waals surface area (Å²) >= 11 is 0.